The first-order valence-electron chi connectivity index (χ1n) is 5.19. The summed E-state index contributed by atoms with van der Waals surface area (Å²) in [4.78, 5) is 17.7. The molecule has 15 heavy (non-hydrogen) atoms. The van der Waals surface area contributed by atoms with E-state index < -0.39 is 0 Å². The summed E-state index contributed by atoms with van der Waals surface area (Å²) in [5.74, 6) is -0.0284. The van der Waals surface area contributed by atoms with Gasteiger partial charge < -0.3 is 10.6 Å². The van der Waals surface area contributed by atoms with E-state index in [1.165, 1.54) is 6.20 Å². The van der Waals surface area contributed by atoms with Crippen LogP contribution in [0.25, 0.3) is 0 Å². The van der Waals surface area contributed by atoms with Gasteiger partial charge >= 0.3 is 0 Å². The van der Waals surface area contributed by atoms with Crippen molar-refractivity contribution in [1.29, 1.82) is 0 Å². The summed E-state index contributed by atoms with van der Waals surface area (Å²) in [5, 5.41) is 0. The van der Waals surface area contributed by atoms with E-state index in [0.717, 1.165) is 13.0 Å². The molecule has 0 saturated carbocycles. The molecule has 0 aliphatic rings. The maximum Gasteiger partial charge on any atom is 0.272 e. The van der Waals surface area contributed by atoms with Gasteiger partial charge in [-0.3, -0.25) is 4.79 Å². The summed E-state index contributed by atoms with van der Waals surface area (Å²) in [7, 11) is 0. The van der Waals surface area contributed by atoms with Crippen molar-refractivity contribution in [3.63, 3.8) is 0 Å². The number of nitrogens with two attached hydrogens (primary N) is 1. The Balaban J connectivity index is 2.78. The third-order valence-corrected chi connectivity index (χ3v) is 2.17. The Hall–Kier alpha value is -1.58. The van der Waals surface area contributed by atoms with Crippen molar-refractivity contribution < 1.29 is 4.79 Å². The number of pyridine rings is 1. The highest BCUT2D eigenvalue weighted by Gasteiger charge is 2.13. The van der Waals surface area contributed by atoms with Gasteiger partial charge in [-0.2, -0.15) is 0 Å². The van der Waals surface area contributed by atoms with Gasteiger partial charge in [-0.05, 0) is 25.5 Å². The van der Waals surface area contributed by atoms with Crippen molar-refractivity contribution in [3.05, 3.63) is 24.0 Å². The number of nitrogens with zero attached hydrogens (tertiary/aromatic N) is 2. The Labute approximate surface area is 90.1 Å². The number of aromatic nitrogens is 1. The second-order valence-corrected chi connectivity index (χ2v) is 3.36. The second kappa shape index (κ2) is 5.34. The Kier molecular flexibility index (Phi) is 4.09. The van der Waals surface area contributed by atoms with Gasteiger partial charge in [0.05, 0.1) is 11.9 Å². The predicted molar refractivity (Wildman–Crippen MR) is 60.5 cm³/mol. The average Bonchev–Trinajstić information content (AvgIpc) is 2.26. The number of hydrogen-bond acceptors (Lipinski definition) is 3. The van der Waals surface area contributed by atoms with Gasteiger partial charge in [0.25, 0.3) is 5.91 Å². The topological polar surface area (TPSA) is 59.2 Å². The van der Waals surface area contributed by atoms with E-state index in [4.69, 9.17) is 5.73 Å². The SMILES string of the molecule is CCCN(CC)C(=O)c1ccc(N)cn1. The molecule has 0 atom stereocenters. The molecule has 4 nitrogen and oxygen atoms in total. The molecule has 0 aliphatic heterocycles. The third-order valence-electron chi connectivity index (χ3n) is 2.17. The molecule has 0 aromatic carbocycles. The van der Waals surface area contributed by atoms with Crippen LogP contribution in [-0.2, 0) is 0 Å². The van der Waals surface area contributed by atoms with Crippen molar-refractivity contribution in [2.75, 3.05) is 18.8 Å². The highest BCUT2D eigenvalue weighted by Crippen LogP contribution is 2.05. The molecule has 1 heterocycles. The van der Waals surface area contributed by atoms with E-state index in [9.17, 15) is 4.79 Å². The lowest BCUT2D eigenvalue weighted by molar-refractivity contribution is 0.0758. The van der Waals surface area contributed by atoms with Crippen molar-refractivity contribution >= 4 is 11.6 Å². The molecule has 0 aliphatic carbocycles. The number of carbonyl (C=O) groups excluding carboxylic acids is 1. The maximum absolute atomic E-state index is 11.9. The van der Waals surface area contributed by atoms with E-state index in [1.54, 1.807) is 17.0 Å². The van der Waals surface area contributed by atoms with Crippen LogP contribution in [0.5, 0.6) is 0 Å². The van der Waals surface area contributed by atoms with Crippen LogP contribution in [0.2, 0.25) is 0 Å². The zero-order valence-corrected chi connectivity index (χ0v) is 9.23. The molecule has 1 aromatic heterocycles. The summed E-state index contributed by atoms with van der Waals surface area (Å²) in [6.45, 7) is 5.48. The van der Waals surface area contributed by atoms with Crippen LogP contribution in [-0.4, -0.2) is 28.9 Å². The summed E-state index contributed by atoms with van der Waals surface area (Å²) < 4.78 is 0. The highest BCUT2D eigenvalue weighted by molar-refractivity contribution is 5.92. The normalized spacial score (nSPS) is 10.0. The Bertz CT molecular complexity index is 321. The fourth-order valence-electron chi connectivity index (χ4n) is 1.37. The lowest BCUT2D eigenvalue weighted by Gasteiger charge is -2.19. The number of hydrogen-bond donors (Lipinski definition) is 1. The van der Waals surface area contributed by atoms with Gasteiger partial charge in [-0.15, -0.1) is 0 Å². The Morgan fingerprint density at radius 3 is 2.67 bits per heavy atom. The van der Waals surface area contributed by atoms with Gasteiger partial charge in [0, 0.05) is 13.1 Å². The van der Waals surface area contributed by atoms with Gasteiger partial charge in [-0.1, -0.05) is 6.92 Å². The van der Waals surface area contributed by atoms with Crippen molar-refractivity contribution in [1.82, 2.24) is 9.88 Å². The summed E-state index contributed by atoms with van der Waals surface area (Å²) in [5.41, 5.74) is 6.54. The molecule has 82 valence electrons. The number of amides is 1. The van der Waals surface area contributed by atoms with Gasteiger partial charge in [0.15, 0.2) is 0 Å². The predicted octanol–water partition coefficient (Wildman–Crippen LogP) is 1.54. The molecule has 1 amide bonds. The van der Waals surface area contributed by atoms with E-state index in [-0.39, 0.29) is 5.91 Å². The van der Waals surface area contributed by atoms with Crippen molar-refractivity contribution in [2.24, 2.45) is 0 Å². The van der Waals surface area contributed by atoms with E-state index in [0.29, 0.717) is 17.9 Å². The molecule has 0 radical (unpaired) electrons. The fraction of sp³-hybridized carbons (Fsp3) is 0.455. The highest BCUT2D eigenvalue weighted by atomic mass is 16.2. The molecule has 0 unspecified atom stereocenters. The van der Waals surface area contributed by atoms with Crippen LogP contribution in [0.3, 0.4) is 0 Å². The molecular formula is C11H17N3O. The van der Waals surface area contributed by atoms with Crippen LogP contribution in [0, 0.1) is 0 Å². The smallest absolute Gasteiger partial charge is 0.272 e. The fourth-order valence-corrected chi connectivity index (χ4v) is 1.37. The number of nitrogen functional groups attached to an aromatic ring is 1. The standard InChI is InChI=1S/C11H17N3O/c1-3-7-14(4-2)11(15)10-6-5-9(12)8-13-10/h5-6,8H,3-4,7,12H2,1-2H3. The molecule has 1 aromatic rings. The first-order valence-corrected chi connectivity index (χ1v) is 5.19. The van der Waals surface area contributed by atoms with Gasteiger partial charge in [0.2, 0.25) is 0 Å². The van der Waals surface area contributed by atoms with Gasteiger partial charge in [-0.25, -0.2) is 4.98 Å². The first-order chi connectivity index (χ1) is 7.19. The number of rotatable bonds is 4. The first kappa shape index (κ1) is 11.5. The molecular weight excluding hydrogens is 190 g/mol. The van der Waals surface area contributed by atoms with E-state index >= 15 is 0 Å². The number of carbonyl (C=O) groups is 1. The molecule has 1 rings (SSSR count). The van der Waals surface area contributed by atoms with Crippen LogP contribution >= 0.6 is 0 Å². The quantitative estimate of drug-likeness (QED) is 0.814. The third kappa shape index (κ3) is 2.94. The van der Waals surface area contributed by atoms with Crippen molar-refractivity contribution in [3.8, 4) is 0 Å². The maximum atomic E-state index is 11.9. The van der Waals surface area contributed by atoms with Crippen molar-refractivity contribution in [2.45, 2.75) is 20.3 Å². The summed E-state index contributed by atoms with van der Waals surface area (Å²) in [6, 6.07) is 3.36. The van der Waals surface area contributed by atoms with Crippen LogP contribution < -0.4 is 5.73 Å². The Morgan fingerprint density at radius 1 is 1.47 bits per heavy atom. The van der Waals surface area contributed by atoms with E-state index in [1.807, 2.05) is 13.8 Å². The molecule has 0 saturated heterocycles. The minimum absolute atomic E-state index is 0.0284. The number of anilines is 1. The second-order valence-electron chi connectivity index (χ2n) is 3.36. The van der Waals surface area contributed by atoms with Crippen LogP contribution in [0.1, 0.15) is 30.8 Å². The monoisotopic (exact) mass is 207 g/mol. The molecule has 0 bridgehead atoms. The Morgan fingerprint density at radius 2 is 2.20 bits per heavy atom. The molecule has 0 spiro atoms. The zero-order chi connectivity index (χ0) is 11.3. The van der Waals surface area contributed by atoms with Crippen LogP contribution in [0.15, 0.2) is 18.3 Å². The van der Waals surface area contributed by atoms with E-state index in [2.05, 4.69) is 4.98 Å². The summed E-state index contributed by atoms with van der Waals surface area (Å²) >= 11 is 0. The largest absolute Gasteiger partial charge is 0.397 e. The lowest BCUT2D eigenvalue weighted by atomic mass is 10.3. The lowest BCUT2D eigenvalue weighted by Crippen LogP contribution is -2.32. The van der Waals surface area contributed by atoms with Gasteiger partial charge in [0.1, 0.15) is 5.69 Å². The average molecular weight is 207 g/mol. The molecule has 2 N–H and O–H groups in total. The van der Waals surface area contributed by atoms with Crippen LogP contribution in [0.4, 0.5) is 5.69 Å². The zero-order valence-electron chi connectivity index (χ0n) is 9.23. The summed E-state index contributed by atoms with van der Waals surface area (Å²) in [6.07, 6.45) is 2.46. The minimum atomic E-state index is -0.0284. The molecule has 0 fully saturated rings. The minimum Gasteiger partial charge on any atom is -0.397 e. The molecule has 4 heteroatoms.